The number of benzene rings is 1. The number of nitro groups is 2. The average Bonchev–Trinajstić information content (AvgIpc) is 2.72. The summed E-state index contributed by atoms with van der Waals surface area (Å²) in [6.07, 6.45) is 5.00. The number of nitrogens with zero attached hydrogens (tertiary/aromatic N) is 5. The van der Waals surface area contributed by atoms with Crippen LogP contribution in [-0.4, -0.2) is 38.8 Å². The van der Waals surface area contributed by atoms with E-state index in [1.54, 1.807) is 12.3 Å². The van der Waals surface area contributed by atoms with Gasteiger partial charge in [0.25, 0.3) is 17.3 Å². The number of amides is 1. The number of hydrogen-bond acceptors (Lipinski definition) is 8. The Kier molecular flexibility index (Phi) is 5.72. The van der Waals surface area contributed by atoms with Gasteiger partial charge in [0.2, 0.25) is 0 Å². The second-order valence-electron chi connectivity index (χ2n) is 6.31. The van der Waals surface area contributed by atoms with Crippen molar-refractivity contribution in [3.05, 3.63) is 62.1 Å². The quantitative estimate of drug-likeness (QED) is 0.587. The minimum absolute atomic E-state index is 0.00297. The Morgan fingerprint density at radius 1 is 1.07 bits per heavy atom. The van der Waals surface area contributed by atoms with Crippen LogP contribution in [0.15, 0.2) is 30.5 Å². The molecule has 0 saturated carbocycles. The molecule has 0 spiro atoms. The lowest BCUT2D eigenvalue weighted by Gasteiger charge is -2.27. The molecule has 1 fully saturated rings. The summed E-state index contributed by atoms with van der Waals surface area (Å²) in [6, 6.07) is 4.60. The van der Waals surface area contributed by atoms with E-state index in [0.29, 0.717) is 5.82 Å². The van der Waals surface area contributed by atoms with E-state index in [9.17, 15) is 25.0 Å². The maximum absolute atomic E-state index is 12.3. The van der Waals surface area contributed by atoms with Gasteiger partial charge in [0.1, 0.15) is 11.6 Å². The number of aromatic nitrogens is 2. The molecule has 1 saturated heterocycles. The topological polar surface area (TPSA) is 144 Å². The van der Waals surface area contributed by atoms with Crippen molar-refractivity contribution in [1.82, 2.24) is 15.3 Å². The number of rotatable bonds is 6. The van der Waals surface area contributed by atoms with E-state index >= 15 is 0 Å². The Labute approximate surface area is 159 Å². The predicted octanol–water partition coefficient (Wildman–Crippen LogP) is 2.21. The van der Waals surface area contributed by atoms with Gasteiger partial charge in [0.05, 0.1) is 28.0 Å². The zero-order valence-electron chi connectivity index (χ0n) is 14.9. The van der Waals surface area contributed by atoms with Crippen molar-refractivity contribution in [1.29, 1.82) is 0 Å². The molecule has 28 heavy (non-hydrogen) atoms. The molecule has 1 aromatic heterocycles. The molecule has 0 atom stereocenters. The van der Waals surface area contributed by atoms with Gasteiger partial charge in [-0.15, -0.1) is 0 Å². The minimum Gasteiger partial charge on any atom is -0.357 e. The van der Waals surface area contributed by atoms with E-state index < -0.39 is 27.1 Å². The zero-order valence-corrected chi connectivity index (χ0v) is 14.9. The van der Waals surface area contributed by atoms with E-state index in [-0.39, 0.29) is 12.1 Å². The highest BCUT2D eigenvalue weighted by atomic mass is 16.6. The second kappa shape index (κ2) is 8.37. The summed E-state index contributed by atoms with van der Waals surface area (Å²) in [6.45, 7) is 1.83. The molecule has 11 heteroatoms. The smallest absolute Gasteiger partial charge is 0.277 e. The Morgan fingerprint density at radius 3 is 2.32 bits per heavy atom. The Hall–Kier alpha value is -3.63. The van der Waals surface area contributed by atoms with Crippen LogP contribution >= 0.6 is 0 Å². The standard InChI is InChI=1S/C17H18N6O5/c24-17(12-8-13(22(25)26)10-14(9-12)23(27)28)19-11-15-18-5-4-16(20-15)21-6-2-1-3-7-21/h4-5,8-10H,1-3,6-7,11H2,(H,19,24). The van der Waals surface area contributed by atoms with Crippen molar-refractivity contribution in [3.63, 3.8) is 0 Å². The molecule has 11 nitrogen and oxygen atoms in total. The molecule has 3 rings (SSSR count). The van der Waals surface area contributed by atoms with Crippen LogP contribution in [0.1, 0.15) is 35.4 Å². The van der Waals surface area contributed by atoms with Crippen molar-refractivity contribution in [2.45, 2.75) is 25.8 Å². The molecule has 146 valence electrons. The minimum atomic E-state index is -0.783. The zero-order chi connectivity index (χ0) is 20.1. The number of non-ortho nitro benzene ring substituents is 2. The van der Waals surface area contributed by atoms with Crippen LogP contribution in [0.25, 0.3) is 0 Å². The number of carbonyl (C=O) groups excluding carboxylic acids is 1. The lowest BCUT2D eigenvalue weighted by Crippen LogP contribution is -2.31. The third kappa shape index (κ3) is 4.55. The first kappa shape index (κ1) is 19.1. The fraction of sp³-hybridized carbons (Fsp3) is 0.353. The van der Waals surface area contributed by atoms with Crippen LogP contribution in [0.3, 0.4) is 0 Å². The van der Waals surface area contributed by atoms with Gasteiger partial charge < -0.3 is 10.2 Å². The van der Waals surface area contributed by atoms with Crippen LogP contribution in [0.4, 0.5) is 17.2 Å². The Balaban J connectivity index is 1.72. The summed E-state index contributed by atoms with van der Waals surface area (Å²) in [5.74, 6) is 0.486. The van der Waals surface area contributed by atoms with Gasteiger partial charge in [-0.1, -0.05) is 0 Å². The lowest BCUT2D eigenvalue weighted by molar-refractivity contribution is -0.394. The number of piperidine rings is 1. The molecular weight excluding hydrogens is 368 g/mol. The molecule has 2 heterocycles. The van der Waals surface area contributed by atoms with Gasteiger partial charge in [-0.3, -0.25) is 25.0 Å². The maximum Gasteiger partial charge on any atom is 0.277 e. The molecule has 1 amide bonds. The van der Waals surface area contributed by atoms with Crippen molar-refractivity contribution >= 4 is 23.1 Å². The fourth-order valence-corrected chi connectivity index (χ4v) is 2.97. The van der Waals surface area contributed by atoms with Gasteiger partial charge in [-0.05, 0) is 25.3 Å². The Morgan fingerprint density at radius 2 is 1.71 bits per heavy atom. The lowest BCUT2D eigenvalue weighted by atomic mass is 10.1. The largest absolute Gasteiger partial charge is 0.357 e. The number of nitro benzene ring substituents is 2. The van der Waals surface area contributed by atoms with Crippen LogP contribution in [0.5, 0.6) is 0 Å². The molecule has 0 aliphatic carbocycles. The highest BCUT2D eigenvalue weighted by Gasteiger charge is 2.20. The number of carbonyl (C=O) groups is 1. The second-order valence-corrected chi connectivity index (χ2v) is 6.31. The summed E-state index contributed by atoms with van der Waals surface area (Å²) in [5, 5.41) is 24.4. The molecular formula is C17H18N6O5. The van der Waals surface area contributed by atoms with Gasteiger partial charge in [-0.25, -0.2) is 9.97 Å². The van der Waals surface area contributed by atoms with Crippen molar-refractivity contribution < 1.29 is 14.6 Å². The average molecular weight is 386 g/mol. The van der Waals surface area contributed by atoms with Gasteiger partial charge in [0.15, 0.2) is 0 Å². The number of anilines is 1. The third-order valence-corrected chi connectivity index (χ3v) is 4.36. The van der Waals surface area contributed by atoms with Crippen LogP contribution in [-0.2, 0) is 6.54 Å². The first-order valence-electron chi connectivity index (χ1n) is 8.73. The summed E-state index contributed by atoms with van der Waals surface area (Å²) in [7, 11) is 0. The normalized spacial score (nSPS) is 13.8. The Bertz CT molecular complexity index is 880. The van der Waals surface area contributed by atoms with Gasteiger partial charge in [-0.2, -0.15) is 0 Å². The van der Waals surface area contributed by atoms with E-state index in [1.807, 2.05) is 0 Å². The highest BCUT2D eigenvalue weighted by Crippen LogP contribution is 2.23. The van der Waals surface area contributed by atoms with Crippen molar-refractivity contribution in [2.24, 2.45) is 0 Å². The molecule has 1 aliphatic heterocycles. The first-order valence-corrected chi connectivity index (χ1v) is 8.73. The fourth-order valence-electron chi connectivity index (χ4n) is 2.97. The molecule has 1 aliphatic rings. The molecule has 0 bridgehead atoms. The van der Waals surface area contributed by atoms with Crippen molar-refractivity contribution in [3.8, 4) is 0 Å². The molecule has 1 N–H and O–H groups in total. The van der Waals surface area contributed by atoms with E-state index in [2.05, 4.69) is 20.2 Å². The van der Waals surface area contributed by atoms with E-state index in [1.165, 1.54) is 6.42 Å². The van der Waals surface area contributed by atoms with Crippen molar-refractivity contribution in [2.75, 3.05) is 18.0 Å². The van der Waals surface area contributed by atoms with E-state index in [0.717, 1.165) is 49.9 Å². The summed E-state index contributed by atoms with van der Waals surface area (Å²) < 4.78 is 0. The first-order chi connectivity index (χ1) is 13.4. The number of nitrogens with one attached hydrogen (secondary N) is 1. The van der Waals surface area contributed by atoms with Crippen LogP contribution < -0.4 is 10.2 Å². The van der Waals surface area contributed by atoms with Gasteiger partial charge in [0, 0.05) is 31.4 Å². The summed E-state index contributed by atoms with van der Waals surface area (Å²) >= 11 is 0. The van der Waals surface area contributed by atoms with Crippen LogP contribution in [0, 0.1) is 20.2 Å². The van der Waals surface area contributed by atoms with E-state index in [4.69, 9.17) is 0 Å². The molecule has 0 radical (unpaired) electrons. The highest BCUT2D eigenvalue weighted by molar-refractivity contribution is 5.95. The van der Waals surface area contributed by atoms with Crippen LogP contribution in [0.2, 0.25) is 0 Å². The monoisotopic (exact) mass is 386 g/mol. The third-order valence-electron chi connectivity index (χ3n) is 4.36. The summed E-state index contributed by atoms with van der Waals surface area (Å²) in [5.41, 5.74) is -1.22. The van der Waals surface area contributed by atoms with Gasteiger partial charge >= 0.3 is 0 Å². The maximum atomic E-state index is 12.3. The number of hydrogen-bond donors (Lipinski definition) is 1. The predicted molar refractivity (Wildman–Crippen MR) is 99.0 cm³/mol. The molecule has 0 unspecified atom stereocenters. The SMILES string of the molecule is O=C(NCc1nccc(N2CCCCC2)n1)c1cc([N+](=O)[O-])cc([N+](=O)[O-])c1. The summed E-state index contributed by atoms with van der Waals surface area (Å²) in [4.78, 5) is 43.4. The molecule has 2 aromatic rings. The molecule has 1 aromatic carbocycles.